The van der Waals surface area contributed by atoms with Crippen LogP contribution in [-0.4, -0.2) is 6.04 Å². The molecule has 0 aliphatic rings. The van der Waals surface area contributed by atoms with Gasteiger partial charge in [0.15, 0.2) is 0 Å². The molecule has 0 aliphatic heterocycles. The van der Waals surface area contributed by atoms with Gasteiger partial charge in [0.2, 0.25) is 0 Å². The number of nitrogens with one attached hydrogen (secondary N) is 2. The van der Waals surface area contributed by atoms with Gasteiger partial charge >= 0.3 is 0 Å². The van der Waals surface area contributed by atoms with Gasteiger partial charge in [-0.05, 0) is 43.5 Å². The van der Waals surface area contributed by atoms with E-state index in [0.29, 0.717) is 0 Å². The van der Waals surface area contributed by atoms with Crippen molar-refractivity contribution in [2.24, 2.45) is 0 Å². The molecule has 0 saturated carbocycles. The maximum Gasteiger partial charge on any atom is 0.0433 e. The standard InChI is InChI=1S/C16H18N2/c1-14(18-16-10-6-3-7-11-16)12-13-17-15-8-4-2-5-9-15/h2-14,17-18H,1H3/b13-12+. The van der Waals surface area contributed by atoms with Gasteiger partial charge < -0.3 is 10.6 Å². The molecule has 2 rings (SSSR count). The molecule has 0 saturated heterocycles. The predicted octanol–water partition coefficient (Wildman–Crippen LogP) is 4.11. The molecule has 2 heteroatoms. The molecule has 1 unspecified atom stereocenters. The summed E-state index contributed by atoms with van der Waals surface area (Å²) in [5.74, 6) is 0. The molecule has 2 aromatic carbocycles. The fourth-order valence-electron chi connectivity index (χ4n) is 1.67. The van der Waals surface area contributed by atoms with E-state index < -0.39 is 0 Å². The van der Waals surface area contributed by atoms with E-state index in [9.17, 15) is 0 Å². The number of para-hydroxylation sites is 2. The molecule has 2 N–H and O–H groups in total. The highest BCUT2D eigenvalue weighted by molar-refractivity contribution is 5.46. The number of benzene rings is 2. The van der Waals surface area contributed by atoms with Crippen LogP contribution in [-0.2, 0) is 0 Å². The smallest absolute Gasteiger partial charge is 0.0433 e. The number of hydrogen-bond acceptors (Lipinski definition) is 2. The summed E-state index contributed by atoms with van der Waals surface area (Å²) < 4.78 is 0. The average molecular weight is 238 g/mol. The van der Waals surface area contributed by atoms with E-state index in [2.05, 4.69) is 35.8 Å². The van der Waals surface area contributed by atoms with Gasteiger partial charge in [0.25, 0.3) is 0 Å². The SMILES string of the molecule is CC(/C=C/Nc1ccccc1)Nc1ccccc1. The molecule has 0 aliphatic carbocycles. The molecule has 2 nitrogen and oxygen atoms in total. The Balaban J connectivity index is 1.82. The van der Waals surface area contributed by atoms with Crippen molar-refractivity contribution in [3.63, 3.8) is 0 Å². The van der Waals surface area contributed by atoms with Crippen LogP contribution >= 0.6 is 0 Å². The Bertz CT molecular complexity index is 477. The summed E-state index contributed by atoms with van der Waals surface area (Å²) in [5.41, 5.74) is 2.23. The minimum Gasteiger partial charge on any atom is -0.379 e. The average Bonchev–Trinajstić information content (AvgIpc) is 2.41. The molecule has 92 valence electrons. The molecular weight excluding hydrogens is 220 g/mol. The molecule has 0 aromatic heterocycles. The zero-order chi connectivity index (χ0) is 12.6. The van der Waals surface area contributed by atoms with Crippen LogP contribution in [0.25, 0.3) is 0 Å². The quantitative estimate of drug-likeness (QED) is 0.819. The first kappa shape index (κ1) is 12.2. The Morgan fingerprint density at radius 3 is 2.00 bits per heavy atom. The van der Waals surface area contributed by atoms with Crippen LogP contribution in [0.15, 0.2) is 72.9 Å². The van der Waals surface area contributed by atoms with Crippen LogP contribution in [0.4, 0.5) is 11.4 Å². The van der Waals surface area contributed by atoms with Crippen molar-refractivity contribution in [2.45, 2.75) is 13.0 Å². The highest BCUT2D eigenvalue weighted by atomic mass is 14.9. The highest BCUT2D eigenvalue weighted by Crippen LogP contribution is 2.08. The Hall–Kier alpha value is -2.22. The number of rotatable bonds is 5. The fraction of sp³-hybridized carbons (Fsp3) is 0.125. The molecule has 2 aromatic rings. The fourth-order valence-corrected chi connectivity index (χ4v) is 1.67. The lowest BCUT2D eigenvalue weighted by atomic mass is 10.2. The summed E-state index contributed by atoms with van der Waals surface area (Å²) in [5, 5.41) is 6.64. The second kappa shape index (κ2) is 6.50. The highest BCUT2D eigenvalue weighted by Gasteiger charge is 1.95. The molecule has 0 heterocycles. The molecule has 18 heavy (non-hydrogen) atoms. The zero-order valence-electron chi connectivity index (χ0n) is 10.5. The lowest BCUT2D eigenvalue weighted by molar-refractivity contribution is 0.996. The van der Waals surface area contributed by atoms with Crippen molar-refractivity contribution in [2.75, 3.05) is 10.6 Å². The summed E-state index contributed by atoms with van der Waals surface area (Å²) in [6.45, 7) is 2.12. The molecule has 1 atom stereocenters. The maximum absolute atomic E-state index is 3.40. The lowest BCUT2D eigenvalue weighted by Gasteiger charge is -2.11. The predicted molar refractivity (Wildman–Crippen MR) is 78.7 cm³/mol. The van der Waals surface area contributed by atoms with Crippen molar-refractivity contribution in [3.8, 4) is 0 Å². The molecule has 0 amide bonds. The van der Waals surface area contributed by atoms with E-state index in [1.54, 1.807) is 0 Å². The Morgan fingerprint density at radius 2 is 1.39 bits per heavy atom. The summed E-state index contributed by atoms with van der Waals surface area (Å²) in [7, 11) is 0. The minimum absolute atomic E-state index is 0.281. The lowest BCUT2D eigenvalue weighted by Crippen LogP contribution is -2.12. The van der Waals surface area contributed by atoms with Crippen LogP contribution in [0.3, 0.4) is 0 Å². The van der Waals surface area contributed by atoms with Gasteiger partial charge in [-0.1, -0.05) is 36.4 Å². The van der Waals surface area contributed by atoms with Crippen molar-refractivity contribution < 1.29 is 0 Å². The van der Waals surface area contributed by atoms with E-state index in [0.717, 1.165) is 11.4 Å². The van der Waals surface area contributed by atoms with Crippen LogP contribution < -0.4 is 10.6 Å². The maximum atomic E-state index is 3.40. The molecule has 0 radical (unpaired) electrons. The van der Waals surface area contributed by atoms with Crippen molar-refractivity contribution in [1.29, 1.82) is 0 Å². The van der Waals surface area contributed by atoms with Gasteiger partial charge in [-0.3, -0.25) is 0 Å². The van der Waals surface area contributed by atoms with E-state index in [4.69, 9.17) is 0 Å². The number of anilines is 2. The third kappa shape index (κ3) is 3.98. The van der Waals surface area contributed by atoms with Gasteiger partial charge in [0.1, 0.15) is 0 Å². The van der Waals surface area contributed by atoms with Gasteiger partial charge in [0.05, 0.1) is 0 Å². The van der Waals surface area contributed by atoms with Crippen molar-refractivity contribution in [1.82, 2.24) is 0 Å². The molecule has 0 spiro atoms. The van der Waals surface area contributed by atoms with Crippen LogP contribution in [0.2, 0.25) is 0 Å². The third-order valence-corrected chi connectivity index (χ3v) is 2.58. The summed E-state index contributed by atoms with van der Waals surface area (Å²) in [4.78, 5) is 0. The van der Waals surface area contributed by atoms with Crippen LogP contribution in [0.1, 0.15) is 6.92 Å². The van der Waals surface area contributed by atoms with Crippen LogP contribution in [0, 0.1) is 0 Å². The summed E-state index contributed by atoms with van der Waals surface area (Å²) >= 11 is 0. The second-order valence-electron chi connectivity index (χ2n) is 4.17. The summed E-state index contributed by atoms with van der Waals surface area (Å²) in [6, 6.07) is 20.6. The van der Waals surface area contributed by atoms with Crippen molar-refractivity contribution in [3.05, 3.63) is 72.9 Å². The summed E-state index contributed by atoms with van der Waals surface area (Å²) in [6.07, 6.45) is 4.07. The third-order valence-electron chi connectivity index (χ3n) is 2.58. The van der Waals surface area contributed by atoms with E-state index in [1.807, 2.05) is 54.7 Å². The molecular formula is C16H18N2. The van der Waals surface area contributed by atoms with E-state index in [1.165, 1.54) is 0 Å². The minimum atomic E-state index is 0.281. The van der Waals surface area contributed by atoms with Crippen molar-refractivity contribution >= 4 is 11.4 Å². The second-order valence-corrected chi connectivity index (χ2v) is 4.17. The molecule has 0 fully saturated rings. The van der Waals surface area contributed by atoms with Crippen LogP contribution in [0.5, 0.6) is 0 Å². The zero-order valence-corrected chi connectivity index (χ0v) is 10.5. The molecule has 0 bridgehead atoms. The first-order valence-corrected chi connectivity index (χ1v) is 6.14. The van der Waals surface area contributed by atoms with Gasteiger partial charge in [0, 0.05) is 17.4 Å². The first-order chi connectivity index (χ1) is 8.84. The van der Waals surface area contributed by atoms with Gasteiger partial charge in [-0.25, -0.2) is 0 Å². The number of hydrogen-bond donors (Lipinski definition) is 2. The largest absolute Gasteiger partial charge is 0.379 e. The van der Waals surface area contributed by atoms with E-state index in [-0.39, 0.29) is 6.04 Å². The van der Waals surface area contributed by atoms with E-state index >= 15 is 0 Å². The Labute approximate surface area is 108 Å². The first-order valence-electron chi connectivity index (χ1n) is 6.14. The normalized spacial score (nSPS) is 12.3. The monoisotopic (exact) mass is 238 g/mol. The van der Waals surface area contributed by atoms with Gasteiger partial charge in [-0.15, -0.1) is 0 Å². The van der Waals surface area contributed by atoms with Gasteiger partial charge in [-0.2, -0.15) is 0 Å². The topological polar surface area (TPSA) is 24.1 Å². The Morgan fingerprint density at radius 1 is 0.833 bits per heavy atom. The Kier molecular flexibility index (Phi) is 4.42.